The van der Waals surface area contributed by atoms with Gasteiger partial charge in [0.05, 0.1) is 11.7 Å². The molecule has 1 atom stereocenters. The summed E-state index contributed by atoms with van der Waals surface area (Å²) in [5, 5.41) is 4.67. The highest BCUT2D eigenvalue weighted by Gasteiger charge is 2.18. The molecular weight excluding hydrogens is 352 g/mol. The molecule has 1 aromatic rings. The van der Waals surface area contributed by atoms with E-state index in [2.05, 4.69) is 10.6 Å². The molecule has 1 unspecified atom stereocenters. The lowest BCUT2D eigenvalue weighted by Gasteiger charge is -2.20. The van der Waals surface area contributed by atoms with Crippen LogP contribution in [0.4, 0.5) is 4.79 Å². The lowest BCUT2D eigenvalue weighted by molar-refractivity contribution is -0.123. The van der Waals surface area contributed by atoms with Crippen molar-refractivity contribution >= 4 is 17.9 Å². The lowest BCUT2D eigenvalue weighted by atomic mass is 10.1. The van der Waals surface area contributed by atoms with Crippen molar-refractivity contribution in [1.82, 2.24) is 10.6 Å². The Morgan fingerprint density at radius 1 is 1.19 bits per heavy atom. The first-order valence-corrected chi connectivity index (χ1v) is 8.86. The SMILES string of the molecule is CC(C)(C)NC(=O)NC(=O)COC(=O)c1ccc(OCC2CCCO2)cc1. The first-order valence-electron chi connectivity index (χ1n) is 8.86. The maximum absolute atomic E-state index is 12.0. The van der Waals surface area contributed by atoms with Crippen LogP contribution in [0.5, 0.6) is 5.75 Å². The Bertz CT molecular complexity index is 660. The molecule has 0 aromatic heterocycles. The van der Waals surface area contributed by atoms with Crippen LogP contribution in [0, 0.1) is 0 Å². The van der Waals surface area contributed by atoms with Crippen LogP contribution in [0.25, 0.3) is 0 Å². The topological polar surface area (TPSA) is 103 Å². The number of benzene rings is 1. The summed E-state index contributed by atoms with van der Waals surface area (Å²) in [5.74, 6) is -0.743. The van der Waals surface area contributed by atoms with Gasteiger partial charge in [-0.25, -0.2) is 9.59 Å². The Hall–Kier alpha value is -2.61. The zero-order chi connectivity index (χ0) is 19.9. The molecule has 1 aliphatic rings. The molecule has 2 N–H and O–H groups in total. The van der Waals surface area contributed by atoms with E-state index in [1.54, 1.807) is 45.0 Å². The Labute approximate surface area is 158 Å². The van der Waals surface area contributed by atoms with E-state index in [1.165, 1.54) is 0 Å². The molecule has 8 nitrogen and oxygen atoms in total. The number of rotatable bonds is 6. The van der Waals surface area contributed by atoms with Crippen LogP contribution in [-0.2, 0) is 14.3 Å². The molecular formula is C19H26N2O6. The standard InChI is InChI=1S/C19H26N2O6/c1-19(2,3)21-18(24)20-16(22)12-27-17(23)13-6-8-14(9-7-13)26-11-15-5-4-10-25-15/h6-9,15H,4-5,10-12H2,1-3H3,(H2,20,21,22,24). The molecule has 1 saturated heterocycles. The van der Waals surface area contributed by atoms with Gasteiger partial charge in [0.2, 0.25) is 0 Å². The summed E-state index contributed by atoms with van der Waals surface area (Å²) in [6, 6.07) is 5.77. The summed E-state index contributed by atoms with van der Waals surface area (Å²) in [7, 11) is 0. The highest BCUT2D eigenvalue weighted by molar-refractivity contribution is 5.97. The molecule has 27 heavy (non-hydrogen) atoms. The Kier molecular flexibility index (Phi) is 7.18. The smallest absolute Gasteiger partial charge is 0.338 e. The molecule has 1 aliphatic heterocycles. The van der Waals surface area contributed by atoms with Crippen LogP contribution in [0.3, 0.4) is 0 Å². The minimum absolute atomic E-state index is 0.114. The van der Waals surface area contributed by atoms with Crippen molar-refractivity contribution in [3.8, 4) is 5.75 Å². The molecule has 8 heteroatoms. The molecule has 0 aliphatic carbocycles. The maximum Gasteiger partial charge on any atom is 0.338 e. The third-order valence-corrected chi connectivity index (χ3v) is 3.63. The molecule has 3 amide bonds. The first-order chi connectivity index (χ1) is 12.7. The molecule has 0 bridgehead atoms. The van der Waals surface area contributed by atoms with Crippen molar-refractivity contribution in [3.05, 3.63) is 29.8 Å². The van der Waals surface area contributed by atoms with Crippen LogP contribution >= 0.6 is 0 Å². The summed E-state index contributed by atoms with van der Waals surface area (Å²) >= 11 is 0. The summed E-state index contributed by atoms with van der Waals surface area (Å²) in [6.45, 7) is 6.04. The van der Waals surface area contributed by atoms with Gasteiger partial charge < -0.3 is 19.5 Å². The van der Waals surface area contributed by atoms with Crippen LogP contribution in [0.1, 0.15) is 44.0 Å². The zero-order valence-electron chi connectivity index (χ0n) is 15.9. The van der Waals surface area contributed by atoms with Crippen molar-refractivity contribution in [3.63, 3.8) is 0 Å². The second-order valence-corrected chi connectivity index (χ2v) is 7.30. The second-order valence-electron chi connectivity index (χ2n) is 7.30. The first kappa shape index (κ1) is 20.7. The second kappa shape index (κ2) is 9.36. The van der Waals surface area contributed by atoms with Crippen molar-refractivity contribution in [2.75, 3.05) is 19.8 Å². The molecule has 0 saturated carbocycles. The van der Waals surface area contributed by atoms with Crippen molar-refractivity contribution in [1.29, 1.82) is 0 Å². The van der Waals surface area contributed by atoms with Crippen LogP contribution in [0.15, 0.2) is 24.3 Å². The van der Waals surface area contributed by atoms with Gasteiger partial charge in [0.1, 0.15) is 12.4 Å². The summed E-state index contributed by atoms with van der Waals surface area (Å²) in [5.41, 5.74) is -0.194. The molecule has 148 valence electrons. The number of nitrogens with one attached hydrogen (secondary N) is 2. The summed E-state index contributed by atoms with van der Waals surface area (Å²) in [6.07, 6.45) is 2.15. The monoisotopic (exact) mass is 378 g/mol. The van der Waals surface area contributed by atoms with E-state index in [9.17, 15) is 14.4 Å². The van der Waals surface area contributed by atoms with Gasteiger partial charge in [-0.1, -0.05) is 0 Å². The minimum Gasteiger partial charge on any atom is -0.491 e. The highest BCUT2D eigenvalue weighted by atomic mass is 16.5. The molecule has 1 aromatic carbocycles. The number of carbonyl (C=O) groups excluding carboxylic acids is 3. The molecule has 2 rings (SSSR count). The van der Waals surface area contributed by atoms with Crippen LogP contribution in [0.2, 0.25) is 0 Å². The number of amides is 3. The van der Waals surface area contributed by atoms with Crippen molar-refractivity contribution in [2.24, 2.45) is 0 Å². The van der Waals surface area contributed by atoms with E-state index in [0.717, 1.165) is 19.4 Å². The van der Waals surface area contributed by atoms with Gasteiger partial charge in [0, 0.05) is 12.1 Å². The number of carbonyl (C=O) groups is 3. The van der Waals surface area contributed by atoms with Crippen molar-refractivity contribution in [2.45, 2.75) is 45.3 Å². The Morgan fingerprint density at radius 3 is 2.48 bits per heavy atom. The van der Waals surface area contributed by atoms with E-state index in [4.69, 9.17) is 14.2 Å². The lowest BCUT2D eigenvalue weighted by Crippen LogP contribution is -2.49. The average molecular weight is 378 g/mol. The predicted molar refractivity (Wildman–Crippen MR) is 97.6 cm³/mol. The van der Waals surface area contributed by atoms with Gasteiger partial charge in [-0.05, 0) is 57.9 Å². The Balaban J connectivity index is 1.73. The zero-order valence-corrected chi connectivity index (χ0v) is 15.9. The fourth-order valence-electron chi connectivity index (χ4n) is 2.40. The van der Waals surface area contributed by atoms with Gasteiger partial charge in [0.25, 0.3) is 5.91 Å². The number of esters is 1. The van der Waals surface area contributed by atoms with Gasteiger partial charge in [-0.3, -0.25) is 10.1 Å². The molecule has 0 spiro atoms. The third kappa shape index (κ3) is 7.65. The van der Waals surface area contributed by atoms with E-state index < -0.39 is 30.1 Å². The number of urea groups is 1. The maximum atomic E-state index is 12.0. The quantitative estimate of drug-likeness (QED) is 0.734. The largest absolute Gasteiger partial charge is 0.491 e. The third-order valence-electron chi connectivity index (χ3n) is 3.63. The van der Waals surface area contributed by atoms with Crippen LogP contribution in [-0.4, -0.2) is 49.4 Å². The van der Waals surface area contributed by atoms with Crippen LogP contribution < -0.4 is 15.4 Å². The van der Waals surface area contributed by atoms with E-state index in [1.807, 2.05) is 0 Å². The fourth-order valence-corrected chi connectivity index (χ4v) is 2.40. The minimum atomic E-state index is -0.707. The number of hydrogen-bond acceptors (Lipinski definition) is 6. The Morgan fingerprint density at radius 2 is 1.89 bits per heavy atom. The van der Waals surface area contributed by atoms with Gasteiger partial charge in [-0.15, -0.1) is 0 Å². The average Bonchev–Trinajstić information content (AvgIpc) is 3.10. The van der Waals surface area contributed by atoms with E-state index >= 15 is 0 Å². The van der Waals surface area contributed by atoms with E-state index in [-0.39, 0.29) is 11.7 Å². The van der Waals surface area contributed by atoms with Gasteiger partial charge in [-0.2, -0.15) is 0 Å². The summed E-state index contributed by atoms with van der Waals surface area (Å²) < 4.78 is 16.0. The van der Waals surface area contributed by atoms with E-state index in [0.29, 0.717) is 12.4 Å². The normalized spacial score (nSPS) is 16.5. The predicted octanol–water partition coefficient (Wildman–Crippen LogP) is 2.03. The number of hydrogen-bond donors (Lipinski definition) is 2. The van der Waals surface area contributed by atoms with Crippen molar-refractivity contribution < 1.29 is 28.6 Å². The summed E-state index contributed by atoms with van der Waals surface area (Å²) in [4.78, 5) is 35.2. The molecule has 1 fully saturated rings. The molecule has 0 radical (unpaired) electrons. The van der Waals surface area contributed by atoms with Gasteiger partial charge >= 0.3 is 12.0 Å². The number of imide groups is 1. The fraction of sp³-hybridized carbons (Fsp3) is 0.526. The van der Waals surface area contributed by atoms with Gasteiger partial charge in [0.15, 0.2) is 6.61 Å². The highest BCUT2D eigenvalue weighted by Crippen LogP contribution is 2.17. The number of ether oxygens (including phenoxy) is 3. The molecule has 1 heterocycles.